The molecule has 0 aliphatic heterocycles. The molecule has 5 heteroatoms. The molecule has 2 N–H and O–H groups in total. The van der Waals surface area contributed by atoms with Gasteiger partial charge >= 0.3 is 6.23 Å². The maximum Gasteiger partial charge on any atom is 0.492 e. The van der Waals surface area contributed by atoms with Crippen LogP contribution in [0.1, 0.15) is 12.5 Å². The molecule has 0 radical (unpaired) electrons. The lowest BCUT2D eigenvalue weighted by Crippen LogP contribution is -2.29. The van der Waals surface area contributed by atoms with Gasteiger partial charge < -0.3 is 14.9 Å². The van der Waals surface area contributed by atoms with Crippen molar-refractivity contribution in [1.82, 2.24) is 0 Å². The first-order valence-corrected chi connectivity index (χ1v) is 5.45. The van der Waals surface area contributed by atoms with E-state index in [4.69, 9.17) is 10.2 Å². The van der Waals surface area contributed by atoms with E-state index in [2.05, 4.69) is 4.74 Å². The molecule has 0 amide bonds. The molecule has 2 rings (SSSR count). The van der Waals surface area contributed by atoms with Crippen LogP contribution in [0.4, 0.5) is 8.78 Å². The number of alkyl halides is 1. The van der Waals surface area contributed by atoms with E-state index in [-0.39, 0.29) is 0 Å². The Kier molecular flexibility index (Phi) is 3.19. The molecule has 0 spiro atoms. The van der Waals surface area contributed by atoms with Crippen molar-refractivity contribution in [2.45, 2.75) is 19.6 Å². The van der Waals surface area contributed by atoms with Crippen LogP contribution in [0.15, 0.2) is 30.3 Å². The van der Waals surface area contributed by atoms with Gasteiger partial charge in [-0.2, -0.15) is 0 Å². The van der Waals surface area contributed by atoms with Gasteiger partial charge in [-0.25, -0.2) is 4.39 Å². The van der Waals surface area contributed by atoms with Gasteiger partial charge in [-0.05, 0) is 23.4 Å². The predicted molar refractivity (Wildman–Crippen MR) is 62.2 cm³/mol. The number of hydrogen-bond donors (Lipinski definition) is 2. The summed E-state index contributed by atoms with van der Waals surface area (Å²) in [6.07, 6.45) is -3.33. The van der Waals surface area contributed by atoms with E-state index in [9.17, 15) is 8.78 Å². The van der Waals surface area contributed by atoms with Crippen LogP contribution < -0.4 is 4.74 Å². The van der Waals surface area contributed by atoms with Crippen LogP contribution >= 0.6 is 0 Å². The number of fused-ring (bicyclic) bond motifs is 1. The zero-order chi connectivity index (χ0) is 13.3. The lowest BCUT2D eigenvalue weighted by atomic mass is 10.0. The van der Waals surface area contributed by atoms with Gasteiger partial charge in [0.1, 0.15) is 0 Å². The van der Waals surface area contributed by atoms with Gasteiger partial charge in [0.2, 0.25) is 0 Å². The SMILES string of the molecule is CCc1cccc2ccc(F)c(OC(O)(O)F)c12. The molecule has 0 aliphatic carbocycles. The van der Waals surface area contributed by atoms with Crippen LogP contribution in [0, 0.1) is 5.82 Å². The highest BCUT2D eigenvalue weighted by Crippen LogP contribution is 2.33. The number of aliphatic hydroxyl groups is 2. The molecule has 0 atom stereocenters. The standard InChI is InChI=1S/C13H12F2O3/c1-2-8-4-3-5-9-6-7-10(14)12(11(8)9)18-13(15,16)17/h3-7,16-17H,2H2,1H3. The fourth-order valence-electron chi connectivity index (χ4n) is 1.92. The van der Waals surface area contributed by atoms with Crippen molar-refractivity contribution in [3.63, 3.8) is 0 Å². The lowest BCUT2D eigenvalue weighted by molar-refractivity contribution is -0.375. The molecule has 0 aliphatic rings. The summed E-state index contributed by atoms with van der Waals surface area (Å²) in [4.78, 5) is 0. The number of halogens is 2. The molecule has 0 fully saturated rings. The van der Waals surface area contributed by atoms with Crippen molar-refractivity contribution >= 4 is 10.8 Å². The maximum atomic E-state index is 13.7. The largest absolute Gasteiger partial charge is 0.492 e. The third kappa shape index (κ3) is 2.42. The van der Waals surface area contributed by atoms with Crippen molar-refractivity contribution in [1.29, 1.82) is 0 Å². The van der Waals surface area contributed by atoms with Crippen LogP contribution in [0.2, 0.25) is 0 Å². The van der Waals surface area contributed by atoms with Gasteiger partial charge in [-0.15, -0.1) is 4.39 Å². The van der Waals surface area contributed by atoms with E-state index in [1.807, 2.05) is 6.92 Å². The van der Waals surface area contributed by atoms with Crippen molar-refractivity contribution in [3.8, 4) is 5.75 Å². The van der Waals surface area contributed by atoms with E-state index < -0.39 is 17.8 Å². The van der Waals surface area contributed by atoms with Crippen molar-refractivity contribution < 1.29 is 23.7 Å². The quantitative estimate of drug-likeness (QED) is 0.827. The fraction of sp³-hybridized carbons (Fsp3) is 0.231. The fourth-order valence-corrected chi connectivity index (χ4v) is 1.92. The van der Waals surface area contributed by atoms with Crippen LogP contribution in [-0.4, -0.2) is 16.4 Å². The number of rotatable bonds is 3. The lowest BCUT2D eigenvalue weighted by Gasteiger charge is -2.17. The molecule has 2 aromatic rings. The summed E-state index contributed by atoms with van der Waals surface area (Å²) in [7, 11) is 0. The van der Waals surface area contributed by atoms with E-state index >= 15 is 0 Å². The molecule has 18 heavy (non-hydrogen) atoms. The Hall–Kier alpha value is -1.72. The zero-order valence-electron chi connectivity index (χ0n) is 9.65. The second-order valence-electron chi connectivity index (χ2n) is 3.88. The highest BCUT2D eigenvalue weighted by molar-refractivity contribution is 5.91. The summed E-state index contributed by atoms with van der Waals surface area (Å²) < 4.78 is 30.7. The van der Waals surface area contributed by atoms with Crippen molar-refractivity contribution in [2.75, 3.05) is 0 Å². The van der Waals surface area contributed by atoms with E-state index in [0.29, 0.717) is 17.2 Å². The average molecular weight is 254 g/mol. The van der Waals surface area contributed by atoms with Crippen LogP contribution in [0.25, 0.3) is 10.8 Å². The summed E-state index contributed by atoms with van der Waals surface area (Å²) in [5.41, 5.74) is 0.728. The van der Waals surface area contributed by atoms with Gasteiger partial charge in [0.15, 0.2) is 11.6 Å². The zero-order valence-corrected chi connectivity index (χ0v) is 9.65. The van der Waals surface area contributed by atoms with Gasteiger partial charge in [0, 0.05) is 5.39 Å². The minimum Gasteiger partial charge on any atom is -0.409 e. The molecule has 3 nitrogen and oxygen atoms in total. The highest BCUT2D eigenvalue weighted by Gasteiger charge is 2.27. The van der Waals surface area contributed by atoms with E-state index in [1.54, 1.807) is 18.2 Å². The molecule has 96 valence electrons. The molecule has 0 saturated carbocycles. The first-order valence-electron chi connectivity index (χ1n) is 5.45. The minimum atomic E-state index is -3.91. The number of hydrogen-bond acceptors (Lipinski definition) is 3. The molecule has 0 unspecified atom stereocenters. The molecular formula is C13H12F2O3. The predicted octanol–water partition coefficient (Wildman–Crippen LogP) is 2.49. The highest BCUT2D eigenvalue weighted by atomic mass is 19.2. The monoisotopic (exact) mass is 254 g/mol. The number of aryl methyl sites for hydroxylation is 1. The Balaban J connectivity index is 2.72. The topological polar surface area (TPSA) is 49.7 Å². The van der Waals surface area contributed by atoms with Crippen molar-refractivity contribution in [3.05, 3.63) is 41.7 Å². The van der Waals surface area contributed by atoms with E-state index in [1.165, 1.54) is 6.07 Å². The van der Waals surface area contributed by atoms with Crippen LogP contribution in [0.3, 0.4) is 0 Å². The van der Waals surface area contributed by atoms with Crippen LogP contribution in [-0.2, 0) is 6.42 Å². The average Bonchev–Trinajstić information content (AvgIpc) is 2.30. The van der Waals surface area contributed by atoms with Crippen LogP contribution in [0.5, 0.6) is 5.75 Å². The van der Waals surface area contributed by atoms with Gasteiger partial charge in [0.05, 0.1) is 0 Å². The summed E-state index contributed by atoms with van der Waals surface area (Å²) in [6.45, 7) is 1.85. The Morgan fingerprint density at radius 3 is 2.56 bits per heavy atom. The Bertz CT molecular complexity index is 576. The second kappa shape index (κ2) is 4.51. The Labute approximate surface area is 102 Å². The summed E-state index contributed by atoms with van der Waals surface area (Å²) in [5.74, 6) is -1.36. The first-order chi connectivity index (χ1) is 8.42. The molecule has 0 bridgehead atoms. The Morgan fingerprint density at radius 2 is 1.94 bits per heavy atom. The third-order valence-corrected chi connectivity index (χ3v) is 2.65. The van der Waals surface area contributed by atoms with Gasteiger partial charge in [-0.1, -0.05) is 31.2 Å². The minimum absolute atomic E-state index is 0.338. The smallest absolute Gasteiger partial charge is 0.409 e. The molecule has 0 saturated heterocycles. The number of benzene rings is 2. The van der Waals surface area contributed by atoms with Gasteiger partial charge in [0.25, 0.3) is 0 Å². The molecule has 0 heterocycles. The first kappa shape index (κ1) is 12.7. The summed E-state index contributed by atoms with van der Waals surface area (Å²) in [6, 6.07) is 7.83. The normalized spacial score (nSPS) is 11.8. The van der Waals surface area contributed by atoms with Crippen molar-refractivity contribution in [2.24, 2.45) is 0 Å². The Morgan fingerprint density at radius 1 is 1.22 bits per heavy atom. The van der Waals surface area contributed by atoms with Gasteiger partial charge in [-0.3, -0.25) is 0 Å². The maximum absolute atomic E-state index is 13.7. The van der Waals surface area contributed by atoms with E-state index in [0.717, 1.165) is 11.6 Å². The second-order valence-corrected chi connectivity index (χ2v) is 3.88. The molecule has 0 aromatic heterocycles. The summed E-state index contributed by atoms with van der Waals surface area (Å²) >= 11 is 0. The molecule has 2 aromatic carbocycles. The summed E-state index contributed by atoms with van der Waals surface area (Å²) in [5, 5.41) is 18.2. The molecular weight excluding hydrogens is 242 g/mol. The third-order valence-electron chi connectivity index (χ3n) is 2.65. The number of ether oxygens (including phenoxy) is 1.